The van der Waals surface area contributed by atoms with Crippen LogP contribution in [-0.4, -0.2) is 6.79 Å². The Morgan fingerprint density at radius 1 is 0.268 bits per heavy atom. The molecule has 4 heteroatoms. The van der Waals surface area contributed by atoms with Gasteiger partial charge in [0.2, 0.25) is 0 Å². The fourth-order valence-corrected chi connectivity index (χ4v) is 9.78. The van der Waals surface area contributed by atoms with Crippen LogP contribution < -0.4 is 31.8 Å². The number of benzene rings is 6. The molecule has 6 aromatic rings. The summed E-state index contributed by atoms with van der Waals surface area (Å²) < 4.78 is 0. The van der Waals surface area contributed by atoms with Crippen LogP contribution in [0.25, 0.3) is 0 Å². The van der Waals surface area contributed by atoms with Gasteiger partial charge in [-0.05, 0) is 72.8 Å². The first-order valence-electron chi connectivity index (χ1n) is 13.2. The average molecular weight is 657 g/mol. The van der Waals surface area contributed by atoms with Crippen molar-refractivity contribution in [1.82, 2.24) is 0 Å². The molecule has 0 aliphatic carbocycles. The van der Waals surface area contributed by atoms with Gasteiger partial charge in [0.05, 0.1) is 15.8 Å². The van der Waals surface area contributed by atoms with E-state index in [0.29, 0.717) is 0 Å². The summed E-state index contributed by atoms with van der Waals surface area (Å²) >= 11 is 0. The third-order valence-electron chi connectivity index (χ3n) is 6.37. The molecule has 203 valence electrons. The number of hydrogen-bond acceptors (Lipinski definition) is 1. The monoisotopic (exact) mass is 657 g/mol. The molecule has 41 heavy (non-hydrogen) atoms. The molecule has 0 spiro atoms. The van der Waals surface area contributed by atoms with E-state index in [9.17, 15) is 0 Å². The van der Waals surface area contributed by atoms with Gasteiger partial charge in [-0.15, -0.1) is 0 Å². The van der Waals surface area contributed by atoms with Crippen LogP contribution in [0.1, 0.15) is 0 Å². The fourth-order valence-electron chi connectivity index (χ4n) is 4.63. The van der Waals surface area contributed by atoms with Crippen molar-refractivity contribution < 1.29 is 24.3 Å². The third-order valence-corrected chi connectivity index (χ3v) is 11.8. The summed E-state index contributed by atoms with van der Waals surface area (Å²) in [6.45, 7) is 3.25. The number of hydrogen-bond donors (Lipinski definition) is 0. The van der Waals surface area contributed by atoms with Gasteiger partial charge in [-0.1, -0.05) is 109 Å². The van der Waals surface area contributed by atoms with Crippen molar-refractivity contribution in [3.63, 3.8) is 0 Å². The second-order valence-electron chi connectivity index (χ2n) is 8.95. The first-order valence-corrected chi connectivity index (χ1v) is 16.2. The second kappa shape index (κ2) is 18.0. The van der Waals surface area contributed by atoms with Crippen molar-refractivity contribution in [3.8, 4) is 0 Å². The summed E-state index contributed by atoms with van der Waals surface area (Å²) in [7, 11) is -1.75. The Labute approximate surface area is 259 Å². The van der Waals surface area contributed by atoms with Gasteiger partial charge in [-0.2, -0.15) is 0 Å². The van der Waals surface area contributed by atoms with Crippen molar-refractivity contribution >= 4 is 54.5 Å². The Balaban J connectivity index is 0.000000208. The third kappa shape index (κ3) is 9.24. The quantitative estimate of drug-likeness (QED) is 0.0921. The molecule has 0 bridgehead atoms. The molecule has 0 amide bonds. The summed E-state index contributed by atoms with van der Waals surface area (Å²) in [5, 5.41) is 8.61. The van der Waals surface area contributed by atoms with Crippen molar-refractivity contribution in [2.45, 2.75) is 0 Å². The van der Waals surface area contributed by atoms with E-state index in [0.717, 1.165) is 0 Å². The largest absolute Gasteiger partial charge is 1.00 e. The van der Waals surface area contributed by atoms with E-state index in [1.54, 1.807) is 0 Å². The van der Waals surface area contributed by atoms with Gasteiger partial charge in [0.25, 0.3) is 0 Å². The minimum atomic E-state index is -0.877. The predicted molar refractivity (Wildman–Crippen MR) is 180 cm³/mol. The molecule has 0 aromatic heterocycles. The topological polar surface area (TPSA) is 17.1 Å². The Morgan fingerprint density at radius 3 is 0.512 bits per heavy atom. The van der Waals surface area contributed by atoms with Crippen molar-refractivity contribution in [2.24, 2.45) is 0 Å². The minimum absolute atomic E-state index is 0. The first-order chi connectivity index (χ1) is 19.9. The minimum Gasteiger partial charge on any atom is -0.545 e. The Hall–Kier alpha value is -3.53. The molecule has 0 atom stereocenters. The Bertz CT molecular complexity index is 1200. The molecule has 0 saturated carbocycles. The zero-order valence-corrected chi connectivity index (χ0v) is 26.4. The fraction of sp³-hybridized carbons (Fsp3) is 0. The van der Waals surface area contributed by atoms with Crippen LogP contribution in [0.3, 0.4) is 0 Å². The molecule has 1 radical (unpaired) electrons. The molecule has 0 aliphatic heterocycles. The standard InChI is InChI=1S/2C18H15P.CHO.Ru/c2*1-4-10-16(11-5-1)19(17-12-6-2-7-13-17)18-14-8-3-9-15-18;1-2;/h2*1-15H;1H;/q;;-1;+1/p+2. The number of rotatable bonds is 6. The van der Waals surface area contributed by atoms with Gasteiger partial charge in [0.15, 0.2) is 0 Å². The maximum absolute atomic E-state index is 7.75. The Morgan fingerprint density at radius 2 is 0.390 bits per heavy atom. The van der Waals surface area contributed by atoms with Gasteiger partial charge in [0, 0.05) is 0 Å². The van der Waals surface area contributed by atoms with Gasteiger partial charge < -0.3 is 4.79 Å². The van der Waals surface area contributed by atoms with Crippen LogP contribution in [0, 0.1) is 0 Å². The van der Waals surface area contributed by atoms with Crippen LogP contribution in [0.4, 0.5) is 0 Å². The van der Waals surface area contributed by atoms with E-state index >= 15 is 0 Å². The van der Waals surface area contributed by atoms with E-state index in [4.69, 9.17) is 4.79 Å². The van der Waals surface area contributed by atoms with E-state index < -0.39 is 15.8 Å². The van der Waals surface area contributed by atoms with Gasteiger partial charge in [-0.25, -0.2) is 0 Å². The first kappa shape index (κ1) is 32.0. The van der Waals surface area contributed by atoms with Gasteiger partial charge in [0.1, 0.15) is 31.8 Å². The van der Waals surface area contributed by atoms with E-state index in [-0.39, 0.29) is 19.5 Å². The van der Waals surface area contributed by atoms with Crippen molar-refractivity contribution in [3.05, 3.63) is 182 Å². The molecule has 0 unspecified atom stereocenters. The summed E-state index contributed by atoms with van der Waals surface area (Å²) in [4.78, 5) is 7.75. The van der Waals surface area contributed by atoms with E-state index in [1.807, 2.05) is 0 Å². The van der Waals surface area contributed by atoms with Crippen molar-refractivity contribution in [1.29, 1.82) is 0 Å². The molecule has 0 fully saturated rings. The SMILES string of the molecule is [CH-]=O.[Ru+].c1ccc([PH+](c2ccccc2)c2ccccc2)cc1.c1ccc([PH+](c2ccccc2)c2ccccc2)cc1. The molecular weight excluding hydrogens is 623 g/mol. The molecular formula is C37H33OP2Ru+2. The molecule has 0 saturated heterocycles. The maximum atomic E-state index is 7.75. The molecule has 0 N–H and O–H groups in total. The molecule has 0 heterocycles. The predicted octanol–water partition coefficient (Wildman–Crippen LogP) is 6.08. The molecule has 1 nitrogen and oxygen atoms in total. The summed E-state index contributed by atoms with van der Waals surface area (Å²) in [6.07, 6.45) is 0. The van der Waals surface area contributed by atoms with Crippen molar-refractivity contribution in [2.75, 3.05) is 0 Å². The van der Waals surface area contributed by atoms with E-state index in [1.165, 1.54) is 31.8 Å². The van der Waals surface area contributed by atoms with Crippen LogP contribution in [0.5, 0.6) is 0 Å². The van der Waals surface area contributed by atoms with Crippen LogP contribution in [0.2, 0.25) is 0 Å². The van der Waals surface area contributed by atoms with Gasteiger partial charge >= 0.3 is 19.5 Å². The normalized spacial score (nSPS) is 9.90. The maximum Gasteiger partial charge on any atom is 1.00 e. The zero-order chi connectivity index (χ0) is 27.8. The van der Waals surface area contributed by atoms with E-state index in [2.05, 4.69) is 189 Å². The molecule has 6 rings (SSSR count). The second-order valence-corrected chi connectivity index (χ2v) is 13.9. The molecule has 0 aliphatic rings. The molecule has 6 aromatic carbocycles. The average Bonchev–Trinajstić information content (AvgIpc) is 3.06. The van der Waals surface area contributed by atoms with Gasteiger partial charge in [-0.3, -0.25) is 6.79 Å². The zero-order valence-electron chi connectivity index (χ0n) is 22.7. The number of carbonyl (C=O) groups excluding carboxylic acids is 1. The van der Waals surface area contributed by atoms with Crippen LogP contribution in [0.15, 0.2) is 182 Å². The van der Waals surface area contributed by atoms with Crippen LogP contribution in [-0.2, 0) is 24.3 Å². The van der Waals surface area contributed by atoms with Crippen LogP contribution >= 0.6 is 15.8 Å². The summed E-state index contributed by atoms with van der Waals surface area (Å²) in [6, 6.07) is 65.0. The smallest absolute Gasteiger partial charge is 0.545 e. The summed E-state index contributed by atoms with van der Waals surface area (Å²) in [5.41, 5.74) is 0. The Kier molecular flexibility index (Phi) is 14.1. The summed E-state index contributed by atoms with van der Waals surface area (Å²) in [5.74, 6) is 0.